The molecule has 0 bridgehead atoms. The van der Waals surface area contributed by atoms with E-state index in [2.05, 4.69) is 20.6 Å². The van der Waals surface area contributed by atoms with Gasteiger partial charge in [0.25, 0.3) is 0 Å². The Labute approximate surface area is 162 Å². The Bertz CT molecular complexity index is 1010. The summed E-state index contributed by atoms with van der Waals surface area (Å²) in [6.07, 6.45) is 0. The van der Waals surface area contributed by atoms with Crippen LogP contribution in [0.4, 0.5) is 23.1 Å². The average molecular weight is 380 g/mol. The van der Waals surface area contributed by atoms with Crippen molar-refractivity contribution in [3.05, 3.63) is 48.2 Å². The number of rotatable bonds is 6. The van der Waals surface area contributed by atoms with Crippen molar-refractivity contribution in [2.75, 3.05) is 31.6 Å². The highest BCUT2D eigenvalue weighted by atomic mass is 16.7. The van der Waals surface area contributed by atoms with Gasteiger partial charge in [0.05, 0.1) is 19.9 Å². The molecule has 0 atom stereocenters. The standard InChI is InChI=1S/C20H20N4O4/c1-12-8-19(22-13-4-7-16-18(9-13)28-11-27-16)24-20(21-12)23-15-6-5-14(25-2)10-17(15)26-3/h4-10H,11H2,1-3H3,(H2,21,22,23,24). The van der Waals surface area contributed by atoms with Crippen molar-refractivity contribution in [3.8, 4) is 23.0 Å². The van der Waals surface area contributed by atoms with Gasteiger partial charge in [0.1, 0.15) is 17.3 Å². The van der Waals surface area contributed by atoms with E-state index in [1.165, 1.54) is 0 Å². The lowest BCUT2D eigenvalue weighted by molar-refractivity contribution is 0.174. The van der Waals surface area contributed by atoms with Crippen molar-refractivity contribution in [2.45, 2.75) is 6.92 Å². The van der Waals surface area contributed by atoms with Crippen molar-refractivity contribution in [2.24, 2.45) is 0 Å². The summed E-state index contributed by atoms with van der Waals surface area (Å²) in [4.78, 5) is 9.00. The number of hydrogen-bond acceptors (Lipinski definition) is 8. The van der Waals surface area contributed by atoms with E-state index in [9.17, 15) is 0 Å². The predicted molar refractivity (Wildman–Crippen MR) is 105 cm³/mol. The van der Waals surface area contributed by atoms with Gasteiger partial charge in [0.2, 0.25) is 12.7 Å². The molecule has 2 heterocycles. The number of fused-ring (bicyclic) bond motifs is 1. The smallest absolute Gasteiger partial charge is 0.231 e. The zero-order valence-electron chi connectivity index (χ0n) is 15.8. The molecule has 0 spiro atoms. The number of aromatic nitrogens is 2. The van der Waals surface area contributed by atoms with Crippen LogP contribution < -0.4 is 29.6 Å². The van der Waals surface area contributed by atoms with Crippen LogP contribution in [0.1, 0.15) is 5.69 Å². The number of ether oxygens (including phenoxy) is 4. The van der Waals surface area contributed by atoms with Crippen LogP contribution in [0.15, 0.2) is 42.5 Å². The summed E-state index contributed by atoms with van der Waals surface area (Å²) in [6.45, 7) is 2.14. The van der Waals surface area contributed by atoms with Crippen LogP contribution in [-0.4, -0.2) is 31.0 Å². The minimum Gasteiger partial charge on any atom is -0.497 e. The summed E-state index contributed by atoms with van der Waals surface area (Å²) < 4.78 is 21.4. The average Bonchev–Trinajstić information content (AvgIpc) is 3.15. The number of nitrogens with one attached hydrogen (secondary N) is 2. The topological polar surface area (TPSA) is 86.8 Å². The molecule has 3 aromatic rings. The largest absolute Gasteiger partial charge is 0.497 e. The lowest BCUT2D eigenvalue weighted by atomic mass is 10.2. The zero-order chi connectivity index (χ0) is 19.5. The normalized spacial score (nSPS) is 11.8. The van der Waals surface area contributed by atoms with E-state index in [-0.39, 0.29) is 6.79 Å². The van der Waals surface area contributed by atoms with E-state index in [1.54, 1.807) is 20.3 Å². The second kappa shape index (κ2) is 7.51. The molecule has 0 saturated heterocycles. The van der Waals surface area contributed by atoms with Gasteiger partial charge in [0, 0.05) is 29.6 Å². The highest BCUT2D eigenvalue weighted by Gasteiger charge is 2.14. The van der Waals surface area contributed by atoms with Gasteiger partial charge < -0.3 is 29.6 Å². The van der Waals surface area contributed by atoms with Crippen molar-refractivity contribution in [1.29, 1.82) is 0 Å². The number of anilines is 4. The fraction of sp³-hybridized carbons (Fsp3) is 0.200. The minimum atomic E-state index is 0.239. The summed E-state index contributed by atoms with van der Waals surface area (Å²) in [5, 5.41) is 6.47. The van der Waals surface area contributed by atoms with Gasteiger partial charge in [-0.15, -0.1) is 0 Å². The molecule has 4 rings (SSSR count). The first-order chi connectivity index (χ1) is 13.6. The predicted octanol–water partition coefficient (Wildman–Crippen LogP) is 4.02. The molecule has 0 amide bonds. The zero-order valence-corrected chi connectivity index (χ0v) is 15.8. The Balaban J connectivity index is 1.57. The van der Waals surface area contributed by atoms with E-state index >= 15 is 0 Å². The van der Waals surface area contributed by atoms with Crippen molar-refractivity contribution in [1.82, 2.24) is 9.97 Å². The first-order valence-corrected chi connectivity index (χ1v) is 8.66. The van der Waals surface area contributed by atoms with Gasteiger partial charge in [-0.1, -0.05) is 0 Å². The molecule has 144 valence electrons. The van der Waals surface area contributed by atoms with Gasteiger partial charge in [0.15, 0.2) is 11.5 Å². The molecule has 2 aromatic carbocycles. The summed E-state index contributed by atoms with van der Waals surface area (Å²) in [7, 11) is 3.21. The molecule has 8 nitrogen and oxygen atoms in total. The first kappa shape index (κ1) is 17.7. The molecular weight excluding hydrogens is 360 g/mol. The summed E-state index contributed by atoms with van der Waals surface area (Å²) in [5.74, 6) is 3.89. The lowest BCUT2D eigenvalue weighted by Gasteiger charge is -2.13. The Morgan fingerprint density at radius 3 is 2.57 bits per heavy atom. The lowest BCUT2D eigenvalue weighted by Crippen LogP contribution is -2.03. The first-order valence-electron chi connectivity index (χ1n) is 8.66. The van der Waals surface area contributed by atoms with E-state index in [0.717, 1.165) is 22.8 Å². The molecule has 28 heavy (non-hydrogen) atoms. The molecule has 8 heteroatoms. The summed E-state index contributed by atoms with van der Waals surface area (Å²) in [5.41, 5.74) is 2.39. The second-order valence-corrected chi connectivity index (χ2v) is 6.10. The molecule has 0 saturated carbocycles. The Hall–Kier alpha value is -3.68. The molecule has 0 unspecified atom stereocenters. The molecule has 2 N–H and O–H groups in total. The molecule has 0 radical (unpaired) electrons. The number of aryl methyl sites for hydroxylation is 1. The van der Waals surface area contributed by atoms with Crippen molar-refractivity contribution < 1.29 is 18.9 Å². The Morgan fingerprint density at radius 2 is 1.75 bits per heavy atom. The van der Waals surface area contributed by atoms with Crippen LogP contribution in [0.25, 0.3) is 0 Å². The van der Waals surface area contributed by atoms with E-state index in [1.807, 2.05) is 43.3 Å². The Kier molecular flexibility index (Phi) is 4.76. The third-order valence-electron chi connectivity index (χ3n) is 4.15. The van der Waals surface area contributed by atoms with E-state index < -0.39 is 0 Å². The maximum atomic E-state index is 5.42. The van der Waals surface area contributed by atoms with Crippen LogP contribution in [0.2, 0.25) is 0 Å². The van der Waals surface area contributed by atoms with Gasteiger partial charge in [-0.2, -0.15) is 4.98 Å². The SMILES string of the molecule is COc1ccc(Nc2nc(C)cc(Nc3ccc4c(c3)OCO4)n2)c(OC)c1. The molecule has 0 aliphatic carbocycles. The number of hydrogen-bond donors (Lipinski definition) is 2. The van der Waals surface area contributed by atoms with Crippen LogP contribution in [0.3, 0.4) is 0 Å². The number of benzene rings is 2. The van der Waals surface area contributed by atoms with Crippen LogP contribution in [0.5, 0.6) is 23.0 Å². The third-order valence-corrected chi connectivity index (χ3v) is 4.15. The van der Waals surface area contributed by atoms with E-state index in [0.29, 0.717) is 29.0 Å². The van der Waals surface area contributed by atoms with E-state index in [4.69, 9.17) is 18.9 Å². The molecule has 1 aromatic heterocycles. The Morgan fingerprint density at radius 1 is 0.893 bits per heavy atom. The van der Waals surface area contributed by atoms with Gasteiger partial charge in [-0.25, -0.2) is 4.98 Å². The van der Waals surface area contributed by atoms with Gasteiger partial charge >= 0.3 is 0 Å². The summed E-state index contributed by atoms with van der Waals surface area (Å²) >= 11 is 0. The number of methoxy groups -OCH3 is 2. The maximum absolute atomic E-state index is 5.42. The van der Waals surface area contributed by atoms with Crippen molar-refractivity contribution in [3.63, 3.8) is 0 Å². The molecule has 1 aliphatic heterocycles. The monoisotopic (exact) mass is 380 g/mol. The maximum Gasteiger partial charge on any atom is 0.231 e. The van der Waals surface area contributed by atoms with Crippen molar-refractivity contribution >= 4 is 23.1 Å². The minimum absolute atomic E-state index is 0.239. The highest BCUT2D eigenvalue weighted by molar-refractivity contribution is 5.67. The van der Waals surface area contributed by atoms with Crippen LogP contribution >= 0.6 is 0 Å². The quantitative estimate of drug-likeness (QED) is 0.663. The third kappa shape index (κ3) is 3.71. The fourth-order valence-electron chi connectivity index (χ4n) is 2.83. The molecule has 0 fully saturated rings. The summed E-state index contributed by atoms with van der Waals surface area (Å²) in [6, 6.07) is 13.0. The van der Waals surface area contributed by atoms with Gasteiger partial charge in [-0.05, 0) is 31.2 Å². The second-order valence-electron chi connectivity index (χ2n) is 6.10. The highest BCUT2D eigenvalue weighted by Crippen LogP contribution is 2.35. The fourth-order valence-corrected chi connectivity index (χ4v) is 2.83. The van der Waals surface area contributed by atoms with Crippen LogP contribution in [-0.2, 0) is 0 Å². The molecule has 1 aliphatic rings. The van der Waals surface area contributed by atoms with Gasteiger partial charge in [-0.3, -0.25) is 0 Å². The number of nitrogens with zero attached hydrogens (tertiary/aromatic N) is 2. The molecular formula is C20H20N4O4. The van der Waals surface area contributed by atoms with Crippen LogP contribution in [0, 0.1) is 6.92 Å².